The van der Waals surface area contributed by atoms with Gasteiger partial charge in [0, 0.05) is 15.7 Å². The van der Waals surface area contributed by atoms with Gasteiger partial charge in [0.05, 0.1) is 26.2 Å². The first-order chi connectivity index (χ1) is 14.6. The number of sulfonamides is 1. The van der Waals surface area contributed by atoms with Gasteiger partial charge in [-0.25, -0.2) is 13.2 Å². The molecule has 0 spiro atoms. The fourth-order valence-electron chi connectivity index (χ4n) is 2.58. The summed E-state index contributed by atoms with van der Waals surface area (Å²) in [7, 11) is -3.98. The van der Waals surface area contributed by atoms with Crippen molar-refractivity contribution in [3.05, 3.63) is 86.3 Å². The molecule has 0 aromatic heterocycles. The van der Waals surface area contributed by atoms with Crippen LogP contribution >= 0.6 is 39.1 Å². The van der Waals surface area contributed by atoms with E-state index in [1.165, 1.54) is 54.6 Å². The van der Waals surface area contributed by atoms with E-state index >= 15 is 0 Å². The maximum Gasteiger partial charge on any atom is 0.337 e. The molecule has 0 saturated heterocycles. The summed E-state index contributed by atoms with van der Waals surface area (Å²) in [4.78, 5) is 23.9. The van der Waals surface area contributed by atoms with Crippen LogP contribution in [0.25, 0.3) is 0 Å². The van der Waals surface area contributed by atoms with Crippen LogP contribution in [-0.4, -0.2) is 25.4 Å². The highest BCUT2D eigenvalue weighted by molar-refractivity contribution is 9.10. The van der Waals surface area contributed by atoms with Crippen LogP contribution in [0, 0.1) is 0 Å². The molecular formula is C20H13BrCl2N2O5S. The van der Waals surface area contributed by atoms with E-state index in [1.807, 2.05) is 0 Å². The molecule has 3 aromatic carbocycles. The second-order valence-electron chi connectivity index (χ2n) is 6.21. The van der Waals surface area contributed by atoms with E-state index in [0.29, 0.717) is 4.47 Å². The number of carboxylic acids is 1. The third kappa shape index (κ3) is 5.56. The smallest absolute Gasteiger partial charge is 0.337 e. The van der Waals surface area contributed by atoms with Gasteiger partial charge in [0.15, 0.2) is 0 Å². The zero-order valence-electron chi connectivity index (χ0n) is 15.4. The fraction of sp³-hybridized carbons (Fsp3) is 0. The Morgan fingerprint density at radius 2 is 1.68 bits per heavy atom. The molecule has 0 unspecified atom stereocenters. The molecule has 0 aliphatic rings. The van der Waals surface area contributed by atoms with Crippen molar-refractivity contribution in [1.29, 1.82) is 0 Å². The lowest BCUT2D eigenvalue weighted by molar-refractivity contribution is 0.0698. The number of aromatic carboxylic acids is 1. The molecule has 0 heterocycles. The molecule has 0 radical (unpaired) electrons. The fourth-order valence-corrected chi connectivity index (χ4v) is 4.38. The van der Waals surface area contributed by atoms with Crippen LogP contribution in [0.2, 0.25) is 10.0 Å². The lowest BCUT2D eigenvalue weighted by atomic mass is 10.1. The Kier molecular flexibility index (Phi) is 6.90. The molecule has 7 nitrogen and oxygen atoms in total. The summed E-state index contributed by atoms with van der Waals surface area (Å²) < 4.78 is 28.1. The van der Waals surface area contributed by atoms with Crippen LogP contribution in [0.3, 0.4) is 0 Å². The van der Waals surface area contributed by atoms with Crippen LogP contribution in [0.5, 0.6) is 0 Å². The summed E-state index contributed by atoms with van der Waals surface area (Å²) in [5.41, 5.74) is 0.253. The van der Waals surface area contributed by atoms with Crippen molar-refractivity contribution >= 4 is 72.4 Å². The van der Waals surface area contributed by atoms with E-state index in [1.54, 1.807) is 6.07 Å². The summed E-state index contributed by atoms with van der Waals surface area (Å²) in [6.45, 7) is 0. The summed E-state index contributed by atoms with van der Waals surface area (Å²) >= 11 is 14.9. The van der Waals surface area contributed by atoms with Crippen LogP contribution in [0.4, 0.5) is 11.4 Å². The van der Waals surface area contributed by atoms with Gasteiger partial charge in [-0.15, -0.1) is 0 Å². The molecule has 1 amide bonds. The van der Waals surface area contributed by atoms with Gasteiger partial charge in [-0.1, -0.05) is 45.2 Å². The Bertz CT molecular complexity index is 1300. The number of carbonyl (C=O) groups excluding carboxylic acids is 1. The van der Waals surface area contributed by atoms with Crippen molar-refractivity contribution in [3.8, 4) is 0 Å². The van der Waals surface area contributed by atoms with Crippen molar-refractivity contribution in [2.75, 3.05) is 10.0 Å². The predicted molar refractivity (Wildman–Crippen MR) is 123 cm³/mol. The van der Waals surface area contributed by atoms with Crippen LogP contribution in [0.1, 0.15) is 20.7 Å². The Morgan fingerprint density at radius 3 is 2.35 bits per heavy atom. The third-order valence-corrected chi connectivity index (χ3v) is 6.65. The number of amides is 1. The van der Waals surface area contributed by atoms with E-state index in [4.69, 9.17) is 23.2 Å². The molecule has 0 fully saturated rings. The molecule has 3 N–H and O–H groups in total. The van der Waals surface area contributed by atoms with Crippen molar-refractivity contribution in [2.45, 2.75) is 4.90 Å². The molecule has 0 saturated carbocycles. The Balaban J connectivity index is 1.84. The standard InChI is InChI=1S/C20H13BrCl2N2O5S/c21-12-4-7-18(15(9-12)20(27)28)24-19(26)11-2-1-3-13(8-11)25-31(29,30)14-5-6-16(22)17(23)10-14/h1-10,25H,(H,24,26)(H,27,28). The van der Waals surface area contributed by atoms with Crippen molar-refractivity contribution in [3.63, 3.8) is 0 Å². The number of nitrogens with one attached hydrogen (secondary N) is 2. The third-order valence-electron chi connectivity index (χ3n) is 4.04. The SMILES string of the molecule is O=C(Nc1ccc(Br)cc1C(=O)O)c1cccc(NS(=O)(=O)c2ccc(Cl)c(Cl)c2)c1. The average Bonchev–Trinajstić information content (AvgIpc) is 2.71. The second-order valence-corrected chi connectivity index (χ2v) is 9.62. The molecule has 0 aliphatic heterocycles. The van der Waals surface area contributed by atoms with Crippen molar-refractivity contribution in [2.24, 2.45) is 0 Å². The number of benzene rings is 3. The van der Waals surface area contributed by atoms with E-state index < -0.39 is 21.9 Å². The number of anilines is 2. The van der Waals surface area contributed by atoms with Gasteiger partial charge in [0.2, 0.25) is 0 Å². The largest absolute Gasteiger partial charge is 0.478 e. The maximum absolute atomic E-state index is 12.6. The minimum absolute atomic E-state index is 0.0846. The summed E-state index contributed by atoms with van der Waals surface area (Å²) in [5, 5.41) is 12.1. The second kappa shape index (κ2) is 9.27. The number of carboxylic acid groups (broad SMARTS) is 1. The van der Waals surface area contributed by atoms with Crippen LogP contribution < -0.4 is 10.0 Å². The Hall–Kier alpha value is -2.59. The van der Waals surface area contributed by atoms with Gasteiger partial charge in [0.1, 0.15) is 0 Å². The molecule has 31 heavy (non-hydrogen) atoms. The first-order valence-electron chi connectivity index (χ1n) is 8.49. The van der Waals surface area contributed by atoms with Gasteiger partial charge in [0.25, 0.3) is 15.9 Å². The van der Waals surface area contributed by atoms with E-state index in [2.05, 4.69) is 26.0 Å². The summed E-state index contributed by atoms with van der Waals surface area (Å²) in [6.07, 6.45) is 0. The van der Waals surface area contributed by atoms with Crippen molar-refractivity contribution in [1.82, 2.24) is 0 Å². The molecule has 160 valence electrons. The monoisotopic (exact) mass is 542 g/mol. The summed E-state index contributed by atoms with van der Waals surface area (Å²) in [5.74, 6) is -1.82. The Morgan fingerprint density at radius 1 is 0.935 bits per heavy atom. The van der Waals surface area contributed by atoms with Crippen LogP contribution in [-0.2, 0) is 10.0 Å². The van der Waals surface area contributed by atoms with E-state index in [0.717, 1.165) is 0 Å². The maximum atomic E-state index is 12.6. The number of hydrogen-bond donors (Lipinski definition) is 3. The Labute approximate surface area is 196 Å². The van der Waals surface area contributed by atoms with Crippen LogP contribution in [0.15, 0.2) is 70.0 Å². The van der Waals surface area contributed by atoms with E-state index in [9.17, 15) is 23.1 Å². The minimum atomic E-state index is -3.98. The highest BCUT2D eigenvalue weighted by Crippen LogP contribution is 2.26. The predicted octanol–water partition coefficient (Wildman–Crippen LogP) is 5.51. The van der Waals surface area contributed by atoms with Gasteiger partial charge in [-0.2, -0.15) is 0 Å². The van der Waals surface area contributed by atoms with E-state index in [-0.39, 0.29) is 37.4 Å². The molecule has 0 aliphatic carbocycles. The molecular weight excluding hydrogens is 531 g/mol. The molecule has 0 bridgehead atoms. The molecule has 3 aromatic rings. The first kappa shape index (κ1) is 23.1. The zero-order valence-corrected chi connectivity index (χ0v) is 19.3. The number of halogens is 3. The highest BCUT2D eigenvalue weighted by Gasteiger charge is 2.18. The molecule has 0 atom stereocenters. The quantitative estimate of drug-likeness (QED) is 0.379. The van der Waals surface area contributed by atoms with Gasteiger partial charge in [-0.05, 0) is 54.6 Å². The number of rotatable bonds is 6. The normalized spacial score (nSPS) is 11.1. The number of carbonyl (C=O) groups is 2. The van der Waals surface area contributed by atoms with Crippen molar-refractivity contribution < 1.29 is 23.1 Å². The molecule has 3 rings (SSSR count). The first-order valence-corrected chi connectivity index (χ1v) is 11.5. The van der Waals surface area contributed by atoms with Gasteiger partial charge < -0.3 is 10.4 Å². The summed E-state index contributed by atoms with van der Waals surface area (Å²) in [6, 6.07) is 14.0. The minimum Gasteiger partial charge on any atom is -0.478 e. The highest BCUT2D eigenvalue weighted by atomic mass is 79.9. The number of hydrogen-bond acceptors (Lipinski definition) is 4. The topological polar surface area (TPSA) is 113 Å². The lowest BCUT2D eigenvalue weighted by Gasteiger charge is -2.12. The molecule has 11 heteroatoms. The average molecular weight is 544 g/mol. The van der Waals surface area contributed by atoms with Gasteiger partial charge >= 0.3 is 5.97 Å². The van der Waals surface area contributed by atoms with Gasteiger partial charge in [-0.3, -0.25) is 9.52 Å². The lowest BCUT2D eigenvalue weighted by Crippen LogP contribution is -2.16. The zero-order chi connectivity index (χ0) is 22.8.